The van der Waals surface area contributed by atoms with Crippen molar-refractivity contribution in [3.8, 4) is 0 Å². The highest BCUT2D eigenvalue weighted by molar-refractivity contribution is 5.20. The van der Waals surface area contributed by atoms with Gasteiger partial charge in [0, 0.05) is 18.8 Å². The number of nitrogens with one attached hydrogen (secondary N) is 1. The smallest absolute Gasteiger partial charge is 0.123 e. The molecule has 0 radical (unpaired) electrons. The van der Waals surface area contributed by atoms with Gasteiger partial charge >= 0.3 is 0 Å². The summed E-state index contributed by atoms with van der Waals surface area (Å²) in [6.07, 6.45) is 3.27. The van der Waals surface area contributed by atoms with Crippen molar-refractivity contribution in [1.82, 2.24) is 15.3 Å². The Morgan fingerprint density at radius 2 is 1.89 bits per heavy atom. The molecule has 2 aromatic rings. The Kier molecular flexibility index (Phi) is 4.58. The summed E-state index contributed by atoms with van der Waals surface area (Å²) in [4.78, 5) is 8.08. The molecule has 0 aliphatic rings. The van der Waals surface area contributed by atoms with Gasteiger partial charge in [-0.05, 0) is 29.7 Å². The number of aromatic nitrogens is 2. The minimum atomic E-state index is -0.206. The van der Waals surface area contributed by atoms with E-state index in [1.807, 2.05) is 18.2 Å². The third kappa shape index (κ3) is 3.83. The Labute approximate surface area is 112 Å². The molecule has 19 heavy (non-hydrogen) atoms. The number of hydrogen-bond acceptors (Lipinski definition) is 3. The van der Waals surface area contributed by atoms with Crippen molar-refractivity contribution in [1.29, 1.82) is 0 Å². The molecular formula is C15H18FN3. The number of rotatable bonds is 5. The second-order valence-electron chi connectivity index (χ2n) is 4.85. The van der Waals surface area contributed by atoms with E-state index in [9.17, 15) is 4.39 Å². The molecule has 1 heterocycles. The molecule has 1 atom stereocenters. The molecule has 0 amide bonds. The van der Waals surface area contributed by atoms with E-state index < -0.39 is 0 Å². The van der Waals surface area contributed by atoms with Crippen molar-refractivity contribution >= 4 is 0 Å². The molecule has 3 nitrogen and oxygen atoms in total. The third-order valence-electron chi connectivity index (χ3n) is 3.04. The number of hydrogen-bond donors (Lipinski definition) is 1. The van der Waals surface area contributed by atoms with Gasteiger partial charge in [0.2, 0.25) is 0 Å². The Hall–Kier alpha value is -1.81. The van der Waals surface area contributed by atoms with Gasteiger partial charge in [0.1, 0.15) is 12.1 Å². The van der Waals surface area contributed by atoms with Gasteiger partial charge in [-0.25, -0.2) is 14.4 Å². The van der Waals surface area contributed by atoms with Crippen LogP contribution in [-0.2, 0) is 6.54 Å². The zero-order valence-corrected chi connectivity index (χ0v) is 11.2. The highest BCUT2D eigenvalue weighted by Crippen LogP contribution is 2.22. The van der Waals surface area contributed by atoms with Crippen molar-refractivity contribution in [3.63, 3.8) is 0 Å². The minimum Gasteiger partial charge on any atom is -0.304 e. The van der Waals surface area contributed by atoms with Crippen LogP contribution in [0.3, 0.4) is 0 Å². The molecule has 0 spiro atoms. The van der Waals surface area contributed by atoms with Gasteiger partial charge < -0.3 is 5.32 Å². The molecule has 0 bridgehead atoms. The molecule has 2 rings (SSSR count). The fraction of sp³-hybridized carbons (Fsp3) is 0.333. The lowest BCUT2D eigenvalue weighted by Crippen LogP contribution is -2.25. The summed E-state index contributed by atoms with van der Waals surface area (Å²) >= 11 is 0. The highest BCUT2D eigenvalue weighted by atomic mass is 19.1. The van der Waals surface area contributed by atoms with Crippen LogP contribution in [0.2, 0.25) is 0 Å². The van der Waals surface area contributed by atoms with Crippen LogP contribution in [0.25, 0.3) is 0 Å². The first kappa shape index (κ1) is 13.6. The Bertz CT molecular complexity index is 497. The molecule has 1 aromatic heterocycles. The summed E-state index contributed by atoms with van der Waals surface area (Å²) in [5, 5.41) is 3.46. The van der Waals surface area contributed by atoms with Gasteiger partial charge in [-0.3, -0.25) is 0 Å². The average Bonchev–Trinajstić information content (AvgIpc) is 2.42. The zero-order valence-electron chi connectivity index (χ0n) is 11.2. The maximum absolute atomic E-state index is 13.0. The van der Waals surface area contributed by atoms with E-state index in [1.165, 1.54) is 12.1 Å². The van der Waals surface area contributed by atoms with E-state index >= 15 is 0 Å². The summed E-state index contributed by atoms with van der Waals surface area (Å²) in [5.74, 6) is 0.203. The maximum Gasteiger partial charge on any atom is 0.123 e. The number of nitrogens with zero attached hydrogens (tertiary/aromatic N) is 2. The first-order chi connectivity index (χ1) is 9.16. The lowest BCUT2D eigenvalue weighted by molar-refractivity contribution is 0.408. The van der Waals surface area contributed by atoms with Crippen molar-refractivity contribution in [2.75, 3.05) is 0 Å². The molecule has 0 saturated carbocycles. The molecule has 100 valence electrons. The first-order valence-corrected chi connectivity index (χ1v) is 6.40. The van der Waals surface area contributed by atoms with Crippen molar-refractivity contribution in [2.45, 2.75) is 26.4 Å². The van der Waals surface area contributed by atoms with Crippen LogP contribution in [0.4, 0.5) is 4.39 Å². The fourth-order valence-corrected chi connectivity index (χ4v) is 2.05. The van der Waals surface area contributed by atoms with E-state index in [2.05, 4.69) is 29.1 Å². The second-order valence-corrected chi connectivity index (χ2v) is 4.85. The van der Waals surface area contributed by atoms with Crippen molar-refractivity contribution in [2.24, 2.45) is 5.92 Å². The van der Waals surface area contributed by atoms with Gasteiger partial charge in [-0.1, -0.05) is 26.0 Å². The number of halogens is 1. The lowest BCUT2D eigenvalue weighted by atomic mass is 9.96. The maximum atomic E-state index is 13.0. The van der Waals surface area contributed by atoms with E-state index in [-0.39, 0.29) is 11.9 Å². The monoisotopic (exact) mass is 259 g/mol. The molecule has 0 fully saturated rings. The summed E-state index contributed by atoms with van der Waals surface area (Å²) in [5.41, 5.74) is 2.04. The van der Waals surface area contributed by atoms with Crippen LogP contribution >= 0.6 is 0 Å². The van der Waals surface area contributed by atoms with Crippen LogP contribution in [0, 0.1) is 11.7 Å². The van der Waals surface area contributed by atoms with Crippen LogP contribution in [0.15, 0.2) is 42.9 Å². The van der Waals surface area contributed by atoms with Crippen LogP contribution in [0.1, 0.15) is 31.1 Å². The normalized spacial score (nSPS) is 12.6. The van der Waals surface area contributed by atoms with Gasteiger partial charge in [0.15, 0.2) is 0 Å². The SMILES string of the molecule is CC(C)C(NCc1ccncn1)c1ccc(F)cc1. The summed E-state index contributed by atoms with van der Waals surface area (Å²) in [6, 6.07) is 8.71. The molecular weight excluding hydrogens is 241 g/mol. The van der Waals surface area contributed by atoms with Gasteiger partial charge in [-0.2, -0.15) is 0 Å². The van der Waals surface area contributed by atoms with Gasteiger partial charge in [0.25, 0.3) is 0 Å². The Morgan fingerprint density at radius 1 is 1.16 bits per heavy atom. The average molecular weight is 259 g/mol. The molecule has 1 N–H and O–H groups in total. The van der Waals surface area contributed by atoms with Crippen molar-refractivity contribution < 1.29 is 4.39 Å². The number of benzene rings is 1. The molecule has 0 aliphatic carbocycles. The fourth-order valence-electron chi connectivity index (χ4n) is 2.05. The van der Waals surface area contributed by atoms with Crippen molar-refractivity contribution in [3.05, 3.63) is 59.9 Å². The molecule has 0 saturated heterocycles. The van der Waals surface area contributed by atoms with Gasteiger partial charge in [-0.15, -0.1) is 0 Å². The van der Waals surface area contributed by atoms with Crippen LogP contribution in [0.5, 0.6) is 0 Å². The van der Waals surface area contributed by atoms with E-state index in [0.29, 0.717) is 12.5 Å². The summed E-state index contributed by atoms with van der Waals surface area (Å²) in [6.45, 7) is 4.95. The molecule has 1 aromatic carbocycles. The highest BCUT2D eigenvalue weighted by Gasteiger charge is 2.15. The standard InChI is InChI=1S/C15H18FN3/c1-11(2)15(12-3-5-13(16)6-4-12)18-9-14-7-8-17-10-19-14/h3-8,10-11,15,18H,9H2,1-2H3. The Morgan fingerprint density at radius 3 is 2.47 bits per heavy atom. The summed E-state index contributed by atoms with van der Waals surface area (Å²) < 4.78 is 13.0. The predicted octanol–water partition coefficient (Wildman–Crippen LogP) is 3.10. The quantitative estimate of drug-likeness (QED) is 0.896. The molecule has 4 heteroatoms. The van der Waals surface area contributed by atoms with Crippen LogP contribution in [-0.4, -0.2) is 9.97 Å². The second kappa shape index (κ2) is 6.38. The predicted molar refractivity (Wildman–Crippen MR) is 72.9 cm³/mol. The van der Waals surface area contributed by atoms with E-state index in [1.54, 1.807) is 12.5 Å². The molecule has 1 unspecified atom stereocenters. The van der Waals surface area contributed by atoms with Crippen LogP contribution < -0.4 is 5.32 Å². The topological polar surface area (TPSA) is 37.8 Å². The minimum absolute atomic E-state index is 0.176. The third-order valence-corrected chi connectivity index (χ3v) is 3.04. The summed E-state index contributed by atoms with van der Waals surface area (Å²) in [7, 11) is 0. The first-order valence-electron chi connectivity index (χ1n) is 6.40. The van der Waals surface area contributed by atoms with E-state index in [4.69, 9.17) is 0 Å². The Balaban J connectivity index is 2.06. The molecule has 0 aliphatic heterocycles. The zero-order chi connectivity index (χ0) is 13.7. The lowest BCUT2D eigenvalue weighted by Gasteiger charge is -2.22. The largest absolute Gasteiger partial charge is 0.304 e. The van der Waals surface area contributed by atoms with E-state index in [0.717, 1.165) is 11.3 Å². The van der Waals surface area contributed by atoms with Gasteiger partial charge in [0.05, 0.1) is 5.69 Å².